The fourth-order valence-electron chi connectivity index (χ4n) is 2.47. The van der Waals surface area contributed by atoms with Crippen molar-refractivity contribution in [1.82, 2.24) is 4.31 Å². The number of sulfonamides is 1. The summed E-state index contributed by atoms with van der Waals surface area (Å²) >= 11 is 6.12. The van der Waals surface area contributed by atoms with E-state index in [-0.39, 0.29) is 4.90 Å². The lowest BCUT2D eigenvalue weighted by Gasteiger charge is -2.30. The van der Waals surface area contributed by atoms with Crippen LogP contribution in [0.2, 0.25) is 5.02 Å². The summed E-state index contributed by atoms with van der Waals surface area (Å²) in [4.78, 5) is 0.175. The summed E-state index contributed by atoms with van der Waals surface area (Å²) < 4.78 is 32.7. The second kappa shape index (κ2) is 6.55. The molecule has 118 valence electrons. The van der Waals surface area contributed by atoms with Crippen molar-refractivity contribution in [3.05, 3.63) is 22.7 Å². The SMILES string of the molecule is CCOc1cc(C)c(Cl)cc1S(=O)(=O)N1CCC(C)CC1. The van der Waals surface area contributed by atoms with Gasteiger partial charge in [-0.25, -0.2) is 8.42 Å². The molecule has 0 amide bonds. The second-order valence-electron chi connectivity index (χ2n) is 5.57. The quantitative estimate of drug-likeness (QED) is 0.848. The first-order valence-corrected chi connectivity index (χ1v) is 9.11. The summed E-state index contributed by atoms with van der Waals surface area (Å²) in [6, 6.07) is 3.21. The van der Waals surface area contributed by atoms with Crippen molar-refractivity contribution in [2.75, 3.05) is 19.7 Å². The molecule has 4 nitrogen and oxygen atoms in total. The summed E-state index contributed by atoms with van der Waals surface area (Å²) in [7, 11) is -3.55. The van der Waals surface area contributed by atoms with Gasteiger partial charge in [0.1, 0.15) is 10.6 Å². The predicted molar refractivity (Wildman–Crippen MR) is 84.5 cm³/mol. The highest BCUT2D eigenvalue weighted by atomic mass is 35.5. The average molecular weight is 332 g/mol. The van der Waals surface area contributed by atoms with Crippen LogP contribution in [0.4, 0.5) is 0 Å². The number of aryl methyl sites for hydroxylation is 1. The molecular formula is C15H22ClNO3S. The number of halogens is 1. The lowest BCUT2D eigenvalue weighted by molar-refractivity contribution is 0.285. The van der Waals surface area contributed by atoms with E-state index in [1.807, 2.05) is 13.8 Å². The maximum Gasteiger partial charge on any atom is 0.246 e. The minimum atomic E-state index is -3.55. The zero-order valence-electron chi connectivity index (χ0n) is 12.7. The molecule has 0 spiro atoms. The van der Waals surface area contributed by atoms with Crippen molar-refractivity contribution in [3.63, 3.8) is 0 Å². The van der Waals surface area contributed by atoms with E-state index >= 15 is 0 Å². The third-order valence-corrected chi connectivity index (χ3v) is 6.21. The van der Waals surface area contributed by atoms with Crippen molar-refractivity contribution in [2.24, 2.45) is 5.92 Å². The Morgan fingerprint density at radius 2 is 1.95 bits per heavy atom. The first kappa shape index (κ1) is 16.6. The Morgan fingerprint density at radius 1 is 1.33 bits per heavy atom. The van der Waals surface area contributed by atoms with Crippen LogP contribution in [0.1, 0.15) is 32.3 Å². The van der Waals surface area contributed by atoms with Gasteiger partial charge >= 0.3 is 0 Å². The summed E-state index contributed by atoms with van der Waals surface area (Å²) in [6.07, 6.45) is 1.78. The number of ether oxygens (including phenoxy) is 1. The van der Waals surface area contributed by atoms with Crippen LogP contribution in [-0.2, 0) is 10.0 Å². The van der Waals surface area contributed by atoms with Gasteiger partial charge in [-0.3, -0.25) is 0 Å². The summed E-state index contributed by atoms with van der Waals surface area (Å²) in [5.74, 6) is 0.961. The Bertz CT molecular complexity index is 608. The van der Waals surface area contributed by atoms with E-state index in [2.05, 4.69) is 6.92 Å². The van der Waals surface area contributed by atoms with Crippen LogP contribution < -0.4 is 4.74 Å². The van der Waals surface area contributed by atoms with E-state index in [0.717, 1.165) is 18.4 Å². The Morgan fingerprint density at radius 3 is 2.52 bits per heavy atom. The Balaban J connectivity index is 2.41. The van der Waals surface area contributed by atoms with Gasteiger partial charge < -0.3 is 4.74 Å². The van der Waals surface area contributed by atoms with Gasteiger partial charge in [-0.2, -0.15) is 4.31 Å². The fraction of sp³-hybridized carbons (Fsp3) is 0.600. The van der Waals surface area contributed by atoms with Gasteiger partial charge in [-0.15, -0.1) is 0 Å². The monoisotopic (exact) mass is 331 g/mol. The van der Waals surface area contributed by atoms with E-state index < -0.39 is 10.0 Å². The van der Waals surface area contributed by atoms with Crippen LogP contribution in [0.3, 0.4) is 0 Å². The average Bonchev–Trinajstić information content (AvgIpc) is 2.43. The predicted octanol–water partition coefficient (Wildman–Crippen LogP) is 3.47. The molecule has 0 saturated carbocycles. The number of nitrogens with zero attached hydrogens (tertiary/aromatic N) is 1. The van der Waals surface area contributed by atoms with E-state index in [1.54, 1.807) is 6.07 Å². The van der Waals surface area contributed by atoms with Crippen LogP contribution in [0.15, 0.2) is 17.0 Å². The van der Waals surface area contributed by atoms with Crippen molar-refractivity contribution in [1.29, 1.82) is 0 Å². The molecule has 0 aromatic heterocycles. The van der Waals surface area contributed by atoms with Gasteiger partial charge in [0.15, 0.2) is 0 Å². The number of benzene rings is 1. The number of hydrogen-bond acceptors (Lipinski definition) is 3. The molecule has 1 aromatic rings. The van der Waals surface area contributed by atoms with Gasteiger partial charge in [0.2, 0.25) is 10.0 Å². The molecule has 1 heterocycles. The zero-order valence-corrected chi connectivity index (χ0v) is 14.3. The molecule has 0 bridgehead atoms. The van der Waals surface area contributed by atoms with Crippen molar-refractivity contribution >= 4 is 21.6 Å². The molecule has 0 unspecified atom stereocenters. The number of rotatable bonds is 4. The molecule has 0 aliphatic carbocycles. The maximum absolute atomic E-state index is 12.8. The van der Waals surface area contributed by atoms with Crippen molar-refractivity contribution in [3.8, 4) is 5.75 Å². The van der Waals surface area contributed by atoms with Crippen LogP contribution in [-0.4, -0.2) is 32.4 Å². The maximum atomic E-state index is 12.8. The molecule has 2 rings (SSSR count). The molecule has 21 heavy (non-hydrogen) atoms. The third kappa shape index (κ3) is 3.52. The summed E-state index contributed by atoms with van der Waals surface area (Å²) in [5.41, 5.74) is 0.811. The standard InChI is InChI=1S/C15H22ClNO3S/c1-4-20-14-9-12(3)13(16)10-15(14)21(18,19)17-7-5-11(2)6-8-17/h9-11H,4-8H2,1-3H3. The molecule has 6 heteroatoms. The lowest BCUT2D eigenvalue weighted by Crippen LogP contribution is -2.38. The molecule has 0 radical (unpaired) electrons. The van der Waals surface area contributed by atoms with Gasteiger partial charge in [0.25, 0.3) is 0 Å². The first-order chi connectivity index (χ1) is 9.86. The molecule has 0 atom stereocenters. The van der Waals surface area contributed by atoms with Gasteiger partial charge in [0.05, 0.1) is 6.61 Å². The lowest BCUT2D eigenvalue weighted by atomic mass is 10.0. The third-order valence-electron chi connectivity index (χ3n) is 3.89. The smallest absolute Gasteiger partial charge is 0.246 e. The zero-order chi connectivity index (χ0) is 15.6. The van der Waals surface area contributed by atoms with Gasteiger partial charge in [0, 0.05) is 18.1 Å². The molecule has 1 aliphatic heterocycles. The molecular weight excluding hydrogens is 310 g/mol. The highest BCUT2D eigenvalue weighted by molar-refractivity contribution is 7.89. The molecule has 1 aromatic carbocycles. The minimum absolute atomic E-state index is 0.175. The summed E-state index contributed by atoms with van der Waals surface area (Å²) in [5, 5.41) is 0.447. The molecule has 1 fully saturated rings. The normalized spacial score (nSPS) is 17.9. The number of piperidine rings is 1. The minimum Gasteiger partial charge on any atom is -0.492 e. The first-order valence-electron chi connectivity index (χ1n) is 7.29. The Kier molecular flexibility index (Phi) is 5.17. The molecule has 1 aliphatic rings. The highest BCUT2D eigenvalue weighted by Gasteiger charge is 2.31. The van der Waals surface area contributed by atoms with Gasteiger partial charge in [-0.05, 0) is 50.3 Å². The highest BCUT2D eigenvalue weighted by Crippen LogP contribution is 2.33. The topological polar surface area (TPSA) is 46.6 Å². The Hall–Kier alpha value is -0.780. The van der Waals surface area contributed by atoms with E-state index in [0.29, 0.717) is 36.4 Å². The van der Waals surface area contributed by atoms with Crippen molar-refractivity contribution < 1.29 is 13.2 Å². The summed E-state index contributed by atoms with van der Waals surface area (Å²) in [6.45, 7) is 7.35. The van der Waals surface area contributed by atoms with Crippen LogP contribution in [0.5, 0.6) is 5.75 Å². The van der Waals surface area contributed by atoms with Crippen LogP contribution in [0, 0.1) is 12.8 Å². The Labute approximate surface area is 132 Å². The fourth-order valence-corrected chi connectivity index (χ4v) is 4.31. The van der Waals surface area contributed by atoms with Crippen LogP contribution in [0.25, 0.3) is 0 Å². The van der Waals surface area contributed by atoms with E-state index in [1.165, 1.54) is 10.4 Å². The number of hydrogen-bond donors (Lipinski definition) is 0. The van der Waals surface area contributed by atoms with E-state index in [4.69, 9.17) is 16.3 Å². The van der Waals surface area contributed by atoms with E-state index in [9.17, 15) is 8.42 Å². The second-order valence-corrected chi connectivity index (χ2v) is 7.88. The van der Waals surface area contributed by atoms with Gasteiger partial charge in [-0.1, -0.05) is 18.5 Å². The molecule has 1 saturated heterocycles. The van der Waals surface area contributed by atoms with Crippen molar-refractivity contribution in [2.45, 2.75) is 38.5 Å². The largest absolute Gasteiger partial charge is 0.492 e. The molecule has 0 N–H and O–H groups in total. The van der Waals surface area contributed by atoms with Crippen LogP contribution >= 0.6 is 11.6 Å².